The number of aromatic nitrogens is 2. The summed E-state index contributed by atoms with van der Waals surface area (Å²) in [6.45, 7) is 0. The Balaban J connectivity index is 1.93. The van der Waals surface area contributed by atoms with E-state index in [2.05, 4.69) is 10.3 Å². The van der Waals surface area contributed by atoms with E-state index in [0.717, 1.165) is 0 Å². The summed E-state index contributed by atoms with van der Waals surface area (Å²) in [7, 11) is 0. The van der Waals surface area contributed by atoms with Gasteiger partial charge in [0.25, 0.3) is 5.91 Å². The summed E-state index contributed by atoms with van der Waals surface area (Å²) in [4.78, 5) is 16.4. The SMILES string of the molecule is N#Cc1cccc(NC(=O)c2cccc3nccn23)c1. The Kier molecular flexibility index (Phi) is 2.90. The summed E-state index contributed by atoms with van der Waals surface area (Å²) < 4.78 is 1.71. The lowest BCUT2D eigenvalue weighted by molar-refractivity contribution is 0.102. The van der Waals surface area contributed by atoms with E-state index in [1.54, 1.807) is 53.2 Å². The van der Waals surface area contributed by atoms with Crippen molar-refractivity contribution in [1.82, 2.24) is 9.38 Å². The van der Waals surface area contributed by atoms with E-state index in [9.17, 15) is 4.79 Å². The molecule has 20 heavy (non-hydrogen) atoms. The molecule has 5 nitrogen and oxygen atoms in total. The number of benzene rings is 1. The summed E-state index contributed by atoms with van der Waals surface area (Å²) >= 11 is 0. The van der Waals surface area contributed by atoms with Crippen LogP contribution < -0.4 is 5.32 Å². The van der Waals surface area contributed by atoms with Gasteiger partial charge < -0.3 is 5.32 Å². The standard InChI is InChI=1S/C15H10N4O/c16-10-11-3-1-4-12(9-11)18-15(20)13-5-2-6-14-17-7-8-19(13)14/h1-9H,(H,18,20). The molecule has 0 saturated heterocycles. The lowest BCUT2D eigenvalue weighted by atomic mass is 10.2. The van der Waals surface area contributed by atoms with E-state index in [1.807, 2.05) is 12.1 Å². The van der Waals surface area contributed by atoms with Crippen LogP contribution in [-0.2, 0) is 0 Å². The molecule has 1 amide bonds. The highest BCUT2D eigenvalue weighted by atomic mass is 16.1. The number of carbonyl (C=O) groups is 1. The molecule has 0 aliphatic heterocycles. The maximum atomic E-state index is 12.3. The van der Waals surface area contributed by atoms with Gasteiger partial charge in [-0.1, -0.05) is 12.1 Å². The molecule has 0 spiro atoms. The van der Waals surface area contributed by atoms with Gasteiger partial charge in [-0.05, 0) is 30.3 Å². The van der Waals surface area contributed by atoms with Gasteiger partial charge in [0.2, 0.25) is 0 Å². The van der Waals surface area contributed by atoms with Crippen LogP contribution in [0.5, 0.6) is 0 Å². The third-order valence-corrected chi connectivity index (χ3v) is 2.91. The van der Waals surface area contributed by atoms with Crippen LogP contribution in [0.3, 0.4) is 0 Å². The molecule has 0 saturated carbocycles. The van der Waals surface area contributed by atoms with Gasteiger partial charge in [0.05, 0.1) is 11.6 Å². The van der Waals surface area contributed by atoms with Gasteiger partial charge in [-0.2, -0.15) is 5.26 Å². The van der Waals surface area contributed by atoms with E-state index in [4.69, 9.17) is 5.26 Å². The first-order chi connectivity index (χ1) is 9.78. The first-order valence-corrected chi connectivity index (χ1v) is 6.01. The second-order valence-electron chi connectivity index (χ2n) is 4.21. The predicted molar refractivity (Wildman–Crippen MR) is 74.3 cm³/mol. The minimum atomic E-state index is -0.247. The van der Waals surface area contributed by atoms with Crippen LogP contribution in [0.4, 0.5) is 5.69 Å². The van der Waals surface area contributed by atoms with Gasteiger partial charge in [-0.25, -0.2) is 4.98 Å². The summed E-state index contributed by atoms with van der Waals surface area (Å²) in [5.41, 5.74) is 2.29. The van der Waals surface area contributed by atoms with E-state index in [-0.39, 0.29) is 5.91 Å². The minimum absolute atomic E-state index is 0.247. The lowest BCUT2D eigenvalue weighted by Crippen LogP contribution is -2.15. The number of nitrogens with one attached hydrogen (secondary N) is 1. The smallest absolute Gasteiger partial charge is 0.272 e. The quantitative estimate of drug-likeness (QED) is 0.771. The Labute approximate surface area is 115 Å². The molecule has 0 fully saturated rings. The van der Waals surface area contributed by atoms with Crippen molar-refractivity contribution in [2.75, 3.05) is 5.32 Å². The van der Waals surface area contributed by atoms with E-state index >= 15 is 0 Å². The zero-order valence-corrected chi connectivity index (χ0v) is 10.4. The molecule has 5 heteroatoms. The third-order valence-electron chi connectivity index (χ3n) is 2.91. The Morgan fingerprint density at radius 2 is 2.10 bits per heavy atom. The van der Waals surface area contributed by atoms with Crippen molar-refractivity contribution < 1.29 is 4.79 Å². The van der Waals surface area contributed by atoms with Crippen molar-refractivity contribution in [2.45, 2.75) is 0 Å². The lowest BCUT2D eigenvalue weighted by Gasteiger charge is -2.07. The van der Waals surface area contributed by atoms with E-state index in [1.165, 1.54) is 0 Å². The van der Waals surface area contributed by atoms with Crippen molar-refractivity contribution in [2.24, 2.45) is 0 Å². The second kappa shape index (κ2) is 4.86. The molecule has 0 unspecified atom stereocenters. The van der Waals surface area contributed by atoms with Gasteiger partial charge >= 0.3 is 0 Å². The molecular weight excluding hydrogens is 252 g/mol. The number of hydrogen-bond donors (Lipinski definition) is 1. The van der Waals surface area contributed by atoms with Crippen LogP contribution in [0.1, 0.15) is 16.1 Å². The van der Waals surface area contributed by atoms with Crippen molar-refractivity contribution in [1.29, 1.82) is 5.26 Å². The molecule has 96 valence electrons. The Hall–Kier alpha value is -3.13. The number of amides is 1. The summed E-state index contributed by atoms with van der Waals surface area (Å²) in [5.74, 6) is -0.247. The highest BCUT2D eigenvalue weighted by molar-refractivity contribution is 6.03. The molecular formula is C15H10N4O. The number of hydrogen-bond acceptors (Lipinski definition) is 3. The van der Waals surface area contributed by atoms with Crippen LogP contribution in [-0.4, -0.2) is 15.3 Å². The molecule has 1 N–H and O–H groups in total. The van der Waals surface area contributed by atoms with Crippen molar-refractivity contribution >= 4 is 17.2 Å². The first-order valence-electron chi connectivity index (χ1n) is 6.01. The molecule has 2 aromatic heterocycles. The summed E-state index contributed by atoms with van der Waals surface area (Å²) in [6, 6.07) is 14.2. The first kappa shape index (κ1) is 11.9. The Morgan fingerprint density at radius 1 is 1.25 bits per heavy atom. The number of rotatable bonds is 2. The van der Waals surface area contributed by atoms with Crippen LogP contribution in [0.25, 0.3) is 5.65 Å². The fraction of sp³-hybridized carbons (Fsp3) is 0. The number of pyridine rings is 1. The van der Waals surface area contributed by atoms with E-state index < -0.39 is 0 Å². The number of carbonyl (C=O) groups excluding carboxylic acids is 1. The van der Waals surface area contributed by atoms with Crippen LogP contribution in [0, 0.1) is 11.3 Å². The van der Waals surface area contributed by atoms with E-state index in [0.29, 0.717) is 22.6 Å². The largest absolute Gasteiger partial charge is 0.321 e. The van der Waals surface area contributed by atoms with Crippen molar-refractivity contribution in [3.63, 3.8) is 0 Å². The topological polar surface area (TPSA) is 70.2 Å². The summed E-state index contributed by atoms with van der Waals surface area (Å²) in [6.07, 6.45) is 3.37. The Morgan fingerprint density at radius 3 is 2.95 bits per heavy atom. The van der Waals surface area contributed by atoms with Crippen molar-refractivity contribution in [3.05, 3.63) is 66.1 Å². The molecule has 0 aliphatic carbocycles. The average molecular weight is 262 g/mol. The van der Waals surface area contributed by atoms with Crippen LogP contribution >= 0.6 is 0 Å². The average Bonchev–Trinajstić information content (AvgIpc) is 2.95. The minimum Gasteiger partial charge on any atom is -0.321 e. The predicted octanol–water partition coefficient (Wildman–Crippen LogP) is 2.46. The van der Waals surface area contributed by atoms with Crippen molar-refractivity contribution in [3.8, 4) is 6.07 Å². The van der Waals surface area contributed by atoms with Gasteiger partial charge in [0.15, 0.2) is 0 Å². The number of fused-ring (bicyclic) bond motifs is 1. The zero-order chi connectivity index (χ0) is 13.9. The zero-order valence-electron chi connectivity index (χ0n) is 10.4. The molecule has 0 radical (unpaired) electrons. The maximum Gasteiger partial charge on any atom is 0.272 e. The summed E-state index contributed by atoms with van der Waals surface area (Å²) in [5, 5.41) is 11.6. The normalized spacial score (nSPS) is 10.2. The van der Waals surface area contributed by atoms with Gasteiger partial charge in [0.1, 0.15) is 11.3 Å². The fourth-order valence-corrected chi connectivity index (χ4v) is 1.99. The second-order valence-corrected chi connectivity index (χ2v) is 4.21. The third kappa shape index (κ3) is 2.10. The van der Waals surface area contributed by atoms with Crippen LogP contribution in [0.15, 0.2) is 54.9 Å². The molecule has 0 aliphatic rings. The highest BCUT2D eigenvalue weighted by Crippen LogP contribution is 2.12. The van der Waals surface area contributed by atoms with Gasteiger partial charge in [0, 0.05) is 18.1 Å². The molecule has 3 rings (SSSR count). The molecule has 0 bridgehead atoms. The molecule has 0 atom stereocenters. The fourth-order valence-electron chi connectivity index (χ4n) is 1.99. The highest BCUT2D eigenvalue weighted by Gasteiger charge is 2.10. The number of anilines is 1. The maximum absolute atomic E-state index is 12.3. The molecule has 1 aromatic carbocycles. The Bertz CT molecular complexity index is 829. The van der Waals surface area contributed by atoms with Gasteiger partial charge in [-0.15, -0.1) is 0 Å². The molecule has 3 aromatic rings. The number of nitriles is 1. The number of imidazole rings is 1. The molecule has 2 heterocycles. The monoisotopic (exact) mass is 262 g/mol. The number of nitrogens with zero attached hydrogens (tertiary/aromatic N) is 3. The van der Waals surface area contributed by atoms with Gasteiger partial charge in [-0.3, -0.25) is 9.20 Å². The van der Waals surface area contributed by atoms with Crippen LogP contribution in [0.2, 0.25) is 0 Å².